The Morgan fingerprint density at radius 1 is 1.26 bits per heavy atom. The van der Waals surface area contributed by atoms with E-state index in [0.717, 1.165) is 0 Å². The van der Waals surface area contributed by atoms with Crippen molar-refractivity contribution in [3.63, 3.8) is 0 Å². The van der Waals surface area contributed by atoms with Gasteiger partial charge in [-0.25, -0.2) is 9.97 Å². The zero-order chi connectivity index (χ0) is 16.6. The zero-order valence-corrected chi connectivity index (χ0v) is 12.5. The summed E-state index contributed by atoms with van der Waals surface area (Å²) in [6.07, 6.45) is -2.49. The number of ether oxygens (including phenoxy) is 1. The van der Waals surface area contributed by atoms with E-state index in [1.54, 1.807) is 7.05 Å². The summed E-state index contributed by atoms with van der Waals surface area (Å²) >= 11 is 0. The Morgan fingerprint density at radius 2 is 2.04 bits per heavy atom. The molecule has 0 amide bonds. The molecule has 0 radical (unpaired) electrons. The molecule has 2 aromatic heterocycles. The summed E-state index contributed by atoms with van der Waals surface area (Å²) in [6, 6.07) is 0. The number of nitrogens with zero attached hydrogens (tertiary/aromatic N) is 4. The largest absolute Gasteiger partial charge is 0.396 e. The van der Waals surface area contributed by atoms with Crippen LogP contribution in [-0.2, 0) is 11.2 Å². The molecule has 0 aliphatic carbocycles. The van der Waals surface area contributed by atoms with Crippen molar-refractivity contribution in [2.45, 2.75) is 31.0 Å². The molecule has 23 heavy (non-hydrogen) atoms. The number of fused-ring (bicyclic) bond motifs is 1. The number of aromatic nitrogens is 4. The summed E-state index contributed by atoms with van der Waals surface area (Å²) < 4.78 is 6.99. The lowest BCUT2D eigenvalue weighted by Gasteiger charge is -2.16. The van der Waals surface area contributed by atoms with E-state index in [2.05, 4.69) is 20.3 Å². The molecule has 0 spiro atoms. The summed E-state index contributed by atoms with van der Waals surface area (Å²) in [5.41, 5.74) is 1.45. The molecular weight excluding hydrogens is 306 g/mol. The van der Waals surface area contributed by atoms with Crippen molar-refractivity contribution in [2.24, 2.45) is 0 Å². The van der Waals surface area contributed by atoms with E-state index in [0.29, 0.717) is 29.2 Å². The molecule has 1 aliphatic rings. The van der Waals surface area contributed by atoms with Crippen LogP contribution in [0.5, 0.6) is 0 Å². The third kappa shape index (κ3) is 2.64. The molecule has 5 N–H and O–H groups in total. The van der Waals surface area contributed by atoms with Crippen LogP contribution in [0.2, 0.25) is 0 Å². The van der Waals surface area contributed by atoms with Gasteiger partial charge < -0.3 is 30.5 Å². The monoisotopic (exact) mass is 325 g/mol. The molecular formula is C13H19N5O5. The molecule has 0 saturated carbocycles. The van der Waals surface area contributed by atoms with E-state index in [1.165, 1.54) is 10.9 Å². The maximum Gasteiger partial charge on any atom is 0.224 e. The average molecular weight is 325 g/mol. The van der Waals surface area contributed by atoms with Crippen LogP contribution < -0.4 is 5.32 Å². The minimum atomic E-state index is -1.22. The van der Waals surface area contributed by atoms with Gasteiger partial charge in [-0.05, 0) is 0 Å². The Morgan fingerprint density at radius 3 is 2.65 bits per heavy atom. The molecule has 3 rings (SSSR count). The fourth-order valence-corrected chi connectivity index (χ4v) is 2.66. The SMILES string of the molecule is CNc1nc(CCO)c2ncn([C@@H]3O[C@H](CO)[C@@H](O)[C@H]3O)c2n1. The highest BCUT2D eigenvalue weighted by Gasteiger charge is 2.44. The maximum atomic E-state index is 10.2. The van der Waals surface area contributed by atoms with E-state index < -0.39 is 31.1 Å². The van der Waals surface area contributed by atoms with Gasteiger partial charge in [-0.2, -0.15) is 4.98 Å². The van der Waals surface area contributed by atoms with Crippen LogP contribution in [0.4, 0.5) is 5.95 Å². The zero-order valence-electron chi connectivity index (χ0n) is 12.5. The predicted molar refractivity (Wildman–Crippen MR) is 78.7 cm³/mol. The van der Waals surface area contributed by atoms with Crippen LogP contribution >= 0.6 is 0 Å². The van der Waals surface area contributed by atoms with Crippen molar-refractivity contribution in [2.75, 3.05) is 25.6 Å². The van der Waals surface area contributed by atoms with Crippen molar-refractivity contribution in [3.8, 4) is 0 Å². The fourth-order valence-electron chi connectivity index (χ4n) is 2.66. The van der Waals surface area contributed by atoms with Crippen LogP contribution in [0.15, 0.2) is 6.33 Å². The van der Waals surface area contributed by atoms with Gasteiger partial charge in [0.15, 0.2) is 11.9 Å². The summed E-state index contributed by atoms with van der Waals surface area (Å²) in [5, 5.41) is 41.2. The van der Waals surface area contributed by atoms with Crippen molar-refractivity contribution in [3.05, 3.63) is 12.0 Å². The Balaban J connectivity index is 2.07. The molecule has 2 aromatic rings. The summed E-state index contributed by atoms with van der Waals surface area (Å²) in [4.78, 5) is 12.8. The van der Waals surface area contributed by atoms with Crippen molar-refractivity contribution in [1.82, 2.24) is 19.5 Å². The minimum absolute atomic E-state index is 0.0873. The number of imidazole rings is 1. The molecule has 1 fully saturated rings. The second-order valence-corrected chi connectivity index (χ2v) is 5.27. The molecule has 1 saturated heterocycles. The normalized spacial score (nSPS) is 27.7. The summed E-state index contributed by atoms with van der Waals surface area (Å²) in [7, 11) is 1.66. The first-order chi connectivity index (χ1) is 11.1. The lowest BCUT2D eigenvalue weighted by Crippen LogP contribution is -2.33. The molecule has 3 heterocycles. The Hall–Kier alpha value is -1.85. The quantitative estimate of drug-likeness (QED) is 0.422. The highest BCUT2D eigenvalue weighted by molar-refractivity contribution is 5.75. The topological polar surface area (TPSA) is 146 Å². The Labute approximate surface area is 131 Å². The van der Waals surface area contributed by atoms with Crippen LogP contribution in [0.25, 0.3) is 11.2 Å². The maximum absolute atomic E-state index is 10.2. The van der Waals surface area contributed by atoms with Gasteiger partial charge in [-0.3, -0.25) is 4.57 Å². The van der Waals surface area contributed by atoms with Gasteiger partial charge in [0.1, 0.15) is 23.8 Å². The highest BCUT2D eigenvalue weighted by Crippen LogP contribution is 2.31. The number of rotatable bonds is 5. The minimum Gasteiger partial charge on any atom is -0.396 e. The van der Waals surface area contributed by atoms with Gasteiger partial charge in [0.2, 0.25) is 5.95 Å². The number of anilines is 1. The van der Waals surface area contributed by atoms with Crippen molar-refractivity contribution < 1.29 is 25.2 Å². The number of aliphatic hydroxyl groups is 4. The van der Waals surface area contributed by atoms with Crippen LogP contribution in [0.1, 0.15) is 11.9 Å². The Kier molecular flexibility index (Phi) is 4.41. The second kappa shape index (κ2) is 6.34. The van der Waals surface area contributed by atoms with Crippen molar-refractivity contribution in [1.29, 1.82) is 0 Å². The summed E-state index contributed by atoms with van der Waals surface area (Å²) in [6.45, 7) is -0.496. The molecule has 126 valence electrons. The molecule has 10 heteroatoms. The standard InChI is InChI=1S/C13H19N5O5/c1-14-13-16-6(2-3-19)8-11(17-13)18(5-15-8)12-10(22)9(21)7(4-20)23-12/h5,7,9-10,12,19-22H,2-4H2,1H3,(H,14,16,17)/t7-,9-,10-,12-/m1/s1. The Bertz CT molecular complexity index is 693. The average Bonchev–Trinajstić information content (AvgIpc) is 3.10. The first-order valence-electron chi connectivity index (χ1n) is 7.25. The van der Waals surface area contributed by atoms with Crippen molar-refractivity contribution >= 4 is 17.1 Å². The van der Waals surface area contributed by atoms with E-state index in [9.17, 15) is 15.3 Å². The highest BCUT2D eigenvalue weighted by atomic mass is 16.6. The van der Waals surface area contributed by atoms with E-state index in [-0.39, 0.29) is 6.61 Å². The first kappa shape index (κ1) is 16.0. The number of aliphatic hydroxyl groups excluding tert-OH is 4. The number of hydrogen-bond donors (Lipinski definition) is 5. The van der Waals surface area contributed by atoms with E-state index in [4.69, 9.17) is 9.84 Å². The molecule has 1 aliphatic heterocycles. The van der Waals surface area contributed by atoms with Crippen LogP contribution in [-0.4, -0.2) is 78.5 Å². The van der Waals surface area contributed by atoms with Gasteiger partial charge >= 0.3 is 0 Å². The third-order valence-electron chi connectivity index (χ3n) is 3.86. The predicted octanol–water partition coefficient (Wildman–Crippen LogP) is -1.99. The smallest absolute Gasteiger partial charge is 0.224 e. The molecule has 4 atom stereocenters. The van der Waals surface area contributed by atoms with Gasteiger partial charge in [-0.1, -0.05) is 0 Å². The number of nitrogens with one attached hydrogen (secondary N) is 1. The third-order valence-corrected chi connectivity index (χ3v) is 3.86. The lowest BCUT2D eigenvalue weighted by atomic mass is 10.1. The van der Waals surface area contributed by atoms with Gasteiger partial charge in [0.25, 0.3) is 0 Å². The van der Waals surface area contributed by atoms with E-state index >= 15 is 0 Å². The molecule has 10 nitrogen and oxygen atoms in total. The second-order valence-electron chi connectivity index (χ2n) is 5.27. The molecule has 0 aromatic carbocycles. The van der Waals surface area contributed by atoms with E-state index in [1.807, 2.05) is 0 Å². The fraction of sp³-hybridized carbons (Fsp3) is 0.615. The molecule has 0 bridgehead atoms. The van der Waals surface area contributed by atoms with Crippen LogP contribution in [0.3, 0.4) is 0 Å². The lowest BCUT2D eigenvalue weighted by molar-refractivity contribution is -0.0511. The van der Waals surface area contributed by atoms with Gasteiger partial charge in [-0.15, -0.1) is 0 Å². The van der Waals surface area contributed by atoms with Gasteiger partial charge in [0.05, 0.1) is 18.6 Å². The van der Waals surface area contributed by atoms with Gasteiger partial charge in [0, 0.05) is 20.1 Å². The summed E-state index contributed by atoms with van der Waals surface area (Å²) in [5.74, 6) is 0.342. The molecule has 0 unspecified atom stereocenters. The number of hydrogen-bond acceptors (Lipinski definition) is 9. The van der Waals surface area contributed by atoms with Crippen LogP contribution in [0, 0.1) is 0 Å². The first-order valence-corrected chi connectivity index (χ1v) is 7.25.